The smallest absolute Gasteiger partial charge is 0.154 e. The summed E-state index contributed by atoms with van der Waals surface area (Å²) in [5.41, 5.74) is 14.6. The summed E-state index contributed by atoms with van der Waals surface area (Å²) in [5, 5.41) is 7.08. The van der Waals surface area contributed by atoms with Crippen molar-refractivity contribution in [1.29, 1.82) is 0 Å². The number of nitrogens with two attached hydrogens (primary N) is 2. The molecule has 0 bridgehead atoms. The van der Waals surface area contributed by atoms with Crippen molar-refractivity contribution in [3.63, 3.8) is 0 Å². The third-order valence-electron chi connectivity index (χ3n) is 2.52. The van der Waals surface area contributed by atoms with Crippen LogP contribution in [0.1, 0.15) is 16.8 Å². The van der Waals surface area contributed by atoms with Crippen molar-refractivity contribution < 1.29 is 0 Å². The Morgan fingerprint density at radius 3 is 2.47 bits per heavy atom. The minimum absolute atomic E-state index is 0.353. The average molecular weight is 249 g/mol. The predicted molar refractivity (Wildman–Crippen MR) is 71.0 cm³/mol. The second kappa shape index (κ2) is 4.51. The van der Waals surface area contributed by atoms with Crippen LogP contribution in [0.5, 0.6) is 0 Å². The molecule has 2 aromatic rings. The van der Waals surface area contributed by atoms with Crippen LogP contribution in [0.25, 0.3) is 10.7 Å². The Morgan fingerprint density at radius 1 is 1.29 bits per heavy atom. The number of anilines is 1. The lowest BCUT2D eigenvalue weighted by molar-refractivity contribution is 1.05. The van der Waals surface area contributed by atoms with Gasteiger partial charge in [-0.25, -0.2) is 0 Å². The Kier molecular flexibility index (Phi) is 3.06. The Balaban J connectivity index is 2.53. The highest BCUT2D eigenvalue weighted by atomic mass is 35.5. The molecule has 0 aliphatic rings. The van der Waals surface area contributed by atoms with Gasteiger partial charge in [0, 0.05) is 5.69 Å². The fourth-order valence-corrected chi connectivity index (χ4v) is 1.95. The van der Waals surface area contributed by atoms with Gasteiger partial charge in [0.05, 0.1) is 16.3 Å². The summed E-state index contributed by atoms with van der Waals surface area (Å²) >= 11 is 6.26. The van der Waals surface area contributed by atoms with Gasteiger partial charge in [-0.2, -0.15) is 5.10 Å². The van der Waals surface area contributed by atoms with Crippen molar-refractivity contribution in [2.45, 2.75) is 6.92 Å². The molecule has 0 atom stereocenters. The second-order valence-electron chi connectivity index (χ2n) is 3.70. The van der Waals surface area contributed by atoms with Crippen LogP contribution in [-0.2, 0) is 0 Å². The van der Waals surface area contributed by atoms with E-state index in [1.54, 1.807) is 0 Å². The van der Waals surface area contributed by atoms with Gasteiger partial charge in [-0.3, -0.25) is 5.10 Å². The number of aromatic amines is 1. The molecule has 1 aromatic heterocycles. The van der Waals surface area contributed by atoms with Crippen LogP contribution in [0.2, 0.25) is 0 Å². The largest absolute Gasteiger partial charge is 0.397 e. The summed E-state index contributed by atoms with van der Waals surface area (Å²) in [6, 6.07) is 9.50. The first-order valence-corrected chi connectivity index (χ1v) is 5.50. The Bertz CT molecular complexity index is 538. The summed E-state index contributed by atoms with van der Waals surface area (Å²) in [6.07, 6.45) is 0. The van der Waals surface area contributed by atoms with Gasteiger partial charge in [0.2, 0.25) is 0 Å². The van der Waals surface area contributed by atoms with Gasteiger partial charge in [0.1, 0.15) is 0 Å². The summed E-state index contributed by atoms with van der Waals surface area (Å²) in [4.78, 5) is 0. The molecule has 0 aliphatic carbocycles. The van der Waals surface area contributed by atoms with Crippen LogP contribution in [-0.4, -0.2) is 10.2 Å². The molecular formula is C12H13ClN4. The zero-order valence-electron chi connectivity index (χ0n) is 9.37. The molecule has 2 rings (SSSR count). The number of hydrogen-bond donors (Lipinski definition) is 3. The van der Waals surface area contributed by atoms with Crippen LogP contribution in [0, 0.1) is 6.92 Å². The highest BCUT2D eigenvalue weighted by Gasteiger charge is 2.14. The molecule has 0 unspecified atom stereocenters. The maximum Gasteiger partial charge on any atom is 0.154 e. The summed E-state index contributed by atoms with van der Waals surface area (Å²) in [5.74, 6) is 0.353. The Hall–Kier alpha value is -1.94. The number of aryl methyl sites for hydroxylation is 1. The van der Waals surface area contributed by atoms with Gasteiger partial charge in [0.15, 0.2) is 5.82 Å². The molecule has 5 N–H and O–H groups in total. The van der Waals surface area contributed by atoms with Crippen LogP contribution in [0.4, 0.5) is 5.82 Å². The van der Waals surface area contributed by atoms with E-state index in [1.165, 1.54) is 0 Å². The lowest BCUT2D eigenvalue weighted by Gasteiger charge is -2.06. The lowest BCUT2D eigenvalue weighted by atomic mass is 10.1. The number of nitrogen functional groups attached to an aromatic ring is 1. The van der Waals surface area contributed by atoms with Crippen LogP contribution in [0.3, 0.4) is 0 Å². The van der Waals surface area contributed by atoms with E-state index in [-0.39, 0.29) is 0 Å². The zero-order valence-corrected chi connectivity index (χ0v) is 10.1. The Labute approximate surface area is 104 Å². The van der Waals surface area contributed by atoms with Gasteiger partial charge in [-0.05, 0) is 12.5 Å². The summed E-state index contributed by atoms with van der Waals surface area (Å²) < 4.78 is 0. The maximum atomic E-state index is 6.26. The number of nitrogens with zero attached hydrogens (tertiary/aromatic N) is 1. The summed E-state index contributed by atoms with van der Waals surface area (Å²) in [7, 11) is 0. The third-order valence-corrected chi connectivity index (χ3v) is 2.91. The molecule has 0 saturated heterocycles. The second-order valence-corrected chi connectivity index (χ2v) is 4.08. The SMILES string of the molecule is Cc1[nH]nc(N)c1/C(Cl)=C(\N)c1ccccc1. The average Bonchev–Trinajstić information content (AvgIpc) is 2.68. The predicted octanol–water partition coefficient (Wildman–Crippen LogP) is 2.32. The lowest BCUT2D eigenvalue weighted by Crippen LogP contribution is -2.00. The first kappa shape index (κ1) is 11.5. The van der Waals surface area contributed by atoms with Crippen molar-refractivity contribution in [3.05, 3.63) is 47.2 Å². The molecule has 4 nitrogen and oxygen atoms in total. The van der Waals surface area contributed by atoms with E-state index < -0.39 is 0 Å². The maximum absolute atomic E-state index is 6.26. The van der Waals surface area contributed by atoms with E-state index in [4.69, 9.17) is 23.1 Å². The van der Waals surface area contributed by atoms with Gasteiger partial charge in [-0.1, -0.05) is 41.9 Å². The minimum Gasteiger partial charge on any atom is -0.397 e. The first-order valence-electron chi connectivity index (χ1n) is 5.12. The molecule has 88 valence electrons. The van der Waals surface area contributed by atoms with E-state index in [1.807, 2.05) is 37.3 Å². The zero-order chi connectivity index (χ0) is 12.4. The number of rotatable bonds is 2. The molecule has 0 amide bonds. The number of nitrogens with one attached hydrogen (secondary N) is 1. The van der Waals surface area contributed by atoms with Crippen molar-refractivity contribution in [2.75, 3.05) is 5.73 Å². The monoisotopic (exact) mass is 248 g/mol. The van der Waals surface area contributed by atoms with E-state index in [0.717, 1.165) is 11.3 Å². The highest BCUT2D eigenvalue weighted by molar-refractivity contribution is 6.53. The van der Waals surface area contributed by atoms with E-state index in [9.17, 15) is 0 Å². The topological polar surface area (TPSA) is 80.7 Å². The molecule has 1 aromatic carbocycles. The molecule has 0 saturated carbocycles. The quantitative estimate of drug-likeness (QED) is 0.763. The number of halogens is 1. The number of aromatic nitrogens is 2. The van der Waals surface area contributed by atoms with Crippen molar-refractivity contribution in [2.24, 2.45) is 5.73 Å². The number of H-pyrrole nitrogens is 1. The van der Waals surface area contributed by atoms with Gasteiger partial charge in [-0.15, -0.1) is 0 Å². The van der Waals surface area contributed by atoms with Gasteiger partial charge < -0.3 is 11.5 Å². The number of benzene rings is 1. The molecule has 17 heavy (non-hydrogen) atoms. The van der Waals surface area contributed by atoms with Crippen LogP contribution >= 0.6 is 11.6 Å². The normalized spacial score (nSPS) is 12.4. The molecular weight excluding hydrogens is 236 g/mol. The fourth-order valence-electron chi connectivity index (χ4n) is 1.60. The minimum atomic E-state index is 0.353. The highest BCUT2D eigenvalue weighted by Crippen LogP contribution is 2.31. The Morgan fingerprint density at radius 2 is 1.94 bits per heavy atom. The molecule has 0 spiro atoms. The van der Waals surface area contributed by atoms with Crippen LogP contribution in [0.15, 0.2) is 30.3 Å². The molecule has 0 radical (unpaired) electrons. The van der Waals surface area contributed by atoms with E-state index in [0.29, 0.717) is 22.1 Å². The number of hydrogen-bond acceptors (Lipinski definition) is 3. The van der Waals surface area contributed by atoms with Gasteiger partial charge >= 0.3 is 0 Å². The molecule has 0 aliphatic heterocycles. The standard InChI is InChI=1S/C12H13ClN4/c1-7-9(12(15)17-16-7)10(13)11(14)8-5-3-2-4-6-8/h2-6H,14H2,1H3,(H3,15,16,17)/b11-10+. The molecule has 5 heteroatoms. The van der Waals surface area contributed by atoms with Crippen molar-refractivity contribution in [3.8, 4) is 0 Å². The first-order chi connectivity index (χ1) is 8.11. The fraction of sp³-hybridized carbons (Fsp3) is 0.0833. The molecule has 1 heterocycles. The molecule has 0 fully saturated rings. The van der Waals surface area contributed by atoms with Crippen molar-refractivity contribution >= 4 is 28.1 Å². The van der Waals surface area contributed by atoms with E-state index in [2.05, 4.69) is 10.2 Å². The van der Waals surface area contributed by atoms with E-state index >= 15 is 0 Å². The summed E-state index contributed by atoms with van der Waals surface area (Å²) in [6.45, 7) is 1.85. The van der Waals surface area contributed by atoms with Crippen LogP contribution < -0.4 is 11.5 Å². The van der Waals surface area contributed by atoms with Crippen molar-refractivity contribution in [1.82, 2.24) is 10.2 Å². The third kappa shape index (κ3) is 2.12. The van der Waals surface area contributed by atoms with Gasteiger partial charge in [0.25, 0.3) is 0 Å².